The molecule has 2 atom stereocenters. The molecule has 21 nitrogen and oxygen atoms in total. The van der Waals surface area contributed by atoms with Gasteiger partial charge < -0.3 is 19.1 Å². The highest BCUT2D eigenvalue weighted by atomic mass is 32.2. The molecule has 416 valence electrons. The molecule has 5 aromatic rings. The van der Waals surface area contributed by atoms with Crippen LogP contribution in [-0.2, 0) is 56.4 Å². The summed E-state index contributed by atoms with van der Waals surface area (Å²) in [6.45, 7) is 15.0. The average Bonchev–Trinajstić information content (AvgIpc) is 4.31. The van der Waals surface area contributed by atoms with Gasteiger partial charge in [-0.1, -0.05) is 26.0 Å². The van der Waals surface area contributed by atoms with Crippen LogP contribution in [0.1, 0.15) is 116 Å². The fraction of sp³-hybridized carbons (Fsp3) is 0.429. The number of quaternary nitrogens is 1. The number of fused-ring (bicyclic) bond motifs is 1. The monoisotopic (exact) mass is 1120 g/mol. The second-order valence-electron chi connectivity index (χ2n) is 22.3. The Morgan fingerprint density at radius 3 is 2.30 bits per heavy atom. The molecule has 0 spiro atoms. The predicted octanol–water partition coefficient (Wildman–Crippen LogP) is 7.88. The molecule has 4 aliphatic rings. The van der Waals surface area contributed by atoms with E-state index in [9.17, 15) is 37.7 Å². The van der Waals surface area contributed by atoms with E-state index >= 15 is 4.79 Å². The van der Waals surface area contributed by atoms with Crippen LogP contribution in [0.3, 0.4) is 0 Å². The van der Waals surface area contributed by atoms with Gasteiger partial charge in [-0.25, -0.2) is 18.2 Å². The number of thioether (sulfide) groups is 1. The first-order chi connectivity index (χ1) is 37.4. The van der Waals surface area contributed by atoms with Gasteiger partial charge in [-0.15, -0.1) is 22.0 Å². The van der Waals surface area contributed by atoms with Crippen molar-refractivity contribution in [1.29, 1.82) is 0 Å². The maximum Gasteiger partial charge on any atom is 0.415 e. The standard InChI is InChI=1S/C56H65N11O10S2/c1-9-63(54(72)77-55(4,5)6)47-26-40(56(28-36(3)29-56)53-60-58-34-62(53)7)27-48(59-47)65-30-43-42(52(65)71)23-38(24-45(43)78-8)33-67(22-10-11-35(2)31-67)32-37-12-15-41(16-13-37)61-79(75,76)46-17-14-39(25-44(46)66(73)74)51(70)57-20-21-64-49(68)18-19-50(64)69/h12-19,23-27,34-36,61H,9-11,20-22,28-33H2,1-8H3/p+1/t35-,36-,56+,67?/m0/s1. The molecule has 1 aliphatic carbocycles. The number of nitro groups is 1. The molecule has 0 bridgehead atoms. The van der Waals surface area contributed by atoms with E-state index in [-0.39, 0.29) is 43.3 Å². The molecule has 2 N–H and O–H groups in total. The Hall–Kier alpha value is -7.50. The van der Waals surface area contributed by atoms with Crippen LogP contribution in [0.15, 0.2) is 95.0 Å². The lowest BCUT2D eigenvalue weighted by molar-refractivity contribution is -0.960. The molecular formula is C56H66N11O10S2+. The molecule has 5 amide bonds. The van der Waals surface area contributed by atoms with Crippen LogP contribution in [-0.4, -0.2) is 117 Å². The largest absolute Gasteiger partial charge is 0.443 e. The number of rotatable bonds is 18. The van der Waals surface area contributed by atoms with Crippen LogP contribution >= 0.6 is 11.8 Å². The quantitative estimate of drug-likeness (QED) is 0.0279. The summed E-state index contributed by atoms with van der Waals surface area (Å²) in [5.74, 6) is 0.392. The van der Waals surface area contributed by atoms with Gasteiger partial charge in [0.25, 0.3) is 39.3 Å². The molecule has 79 heavy (non-hydrogen) atoms. The molecule has 3 aliphatic heterocycles. The molecule has 2 fully saturated rings. The van der Waals surface area contributed by atoms with Gasteiger partial charge in [-0.3, -0.25) is 48.7 Å². The van der Waals surface area contributed by atoms with E-state index in [1.54, 1.807) is 35.1 Å². The highest BCUT2D eigenvalue weighted by Gasteiger charge is 2.49. The lowest BCUT2D eigenvalue weighted by atomic mass is 9.58. The van der Waals surface area contributed by atoms with Gasteiger partial charge in [0, 0.05) is 83.7 Å². The molecule has 1 unspecified atom stereocenters. The summed E-state index contributed by atoms with van der Waals surface area (Å²) in [6, 6.07) is 18.0. The zero-order valence-corrected chi connectivity index (χ0v) is 47.3. The topological polar surface area (TPSA) is 249 Å². The first kappa shape index (κ1) is 56.2. The summed E-state index contributed by atoms with van der Waals surface area (Å²) in [4.78, 5) is 86.3. The third-order valence-electron chi connectivity index (χ3n) is 15.1. The third-order valence-corrected chi connectivity index (χ3v) is 17.4. The smallest absolute Gasteiger partial charge is 0.415 e. The number of pyridine rings is 1. The summed E-state index contributed by atoms with van der Waals surface area (Å²) in [7, 11) is -2.60. The van der Waals surface area contributed by atoms with Gasteiger partial charge in [-0.05, 0) is 125 Å². The number of hydrogen-bond donors (Lipinski definition) is 2. The maximum absolute atomic E-state index is 15.0. The van der Waals surface area contributed by atoms with Crippen LogP contribution < -0.4 is 19.8 Å². The fourth-order valence-corrected chi connectivity index (χ4v) is 13.6. The Balaban J connectivity index is 0.952. The van der Waals surface area contributed by atoms with E-state index in [4.69, 9.17) is 9.72 Å². The van der Waals surface area contributed by atoms with Crippen LogP contribution in [0.5, 0.6) is 0 Å². The van der Waals surface area contributed by atoms with Gasteiger partial charge in [-0.2, -0.15) is 0 Å². The Bertz CT molecular complexity index is 3390. The van der Waals surface area contributed by atoms with Crippen LogP contribution in [0.4, 0.5) is 27.8 Å². The molecule has 9 rings (SSSR count). The van der Waals surface area contributed by atoms with Gasteiger partial charge in [0.05, 0.1) is 30.0 Å². The minimum absolute atomic E-state index is 0.119. The number of piperidine rings is 1. The van der Waals surface area contributed by atoms with Gasteiger partial charge in [0.2, 0.25) is 0 Å². The molecule has 1 saturated carbocycles. The van der Waals surface area contributed by atoms with Crippen LogP contribution in [0, 0.1) is 22.0 Å². The molecule has 5 heterocycles. The van der Waals surface area contributed by atoms with Gasteiger partial charge in [0.1, 0.15) is 42.5 Å². The van der Waals surface area contributed by atoms with Crippen molar-refractivity contribution in [2.24, 2.45) is 18.9 Å². The number of nitrogens with zero attached hydrogens (tertiary/aromatic N) is 9. The van der Waals surface area contributed by atoms with Crippen molar-refractivity contribution in [3.63, 3.8) is 0 Å². The van der Waals surface area contributed by atoms with E-state index in [1.807, 2.05) is 75.9 Å². The predicted molar refractivity (Wildman–Crippen MR) is 297 cm³/mol. The van der Waals surface area contributed by atoms with Crippen molar-refractivity contribution in [1.82, 2.24) is 30.0 Å². The van der Waals surface area contributed by atoms with Crippen molar-refractivity contribution >= 4 is 74.5 Å². The van der Waals surface area contributed by atoms with E-state index in [0.29, 0.717) is 46.6 Å². The molecule has 2 aromatic heterocycles. The summed E-state index contributed by atoms with van der Waals surface area (Å²) < 4.78 is 38.4. The molecule has 0 radical (unpaired) electrons. The van der Waals surface area contributed by atoms with Gasteiger partial charge in [0.15, 0.2) is 4.90 Å². The average molecular weight is 1120 g/mol. The summed E-state index contributed by atoms with van der Waals surface area (Å²) in [6.07, 6.45) is 9.02. The first-order valence-electron chi connectivity index (χ1n) is 26.4. The van der Waals surface area contributed by atoms with Crippen molar-refractivity contribution in [2.75, 3.05) is 53.5 Å². The molecular weight excluding hydrogens is 1050 g/mol. The number of hydrogen-bond acceptors (Lipinski definition) is 14. The molecule has 23 heteroatoms. The van der Waals surface area contributed by atoms with E-state index in [1.165, 1.54) is 4.90 Å². The Morgan fingerprint density at radius 1 is 0.975 bits per heavy atom. The zero-order valence-electron chi connectivity index (χ0n) is 45.6. The molecule has 3 aromatic carbocycles. The lowest BCUT2D eigenvalue weighted by Gasteiger charge is -2.46. The number of sulfonamides is 1. The zero-order chi connectivity index (χ0) is 56.8. The third kappa shape index (κ3) is 11.7. The van der Waals surface area contributed by atoms with Crippen LogP contribution in [0.25, 0.3) is 0 Å². The minimum Gasteiger partial charge on any atom is -0.443 e. The first-order valence-corrected chi connectivity index (χ1v) is 29.1. The summed E-state index contributed by atoms with van der Waals surface area (Å²) in [5.41, 5.74) is 2.22. The summed E-state index contributed by atoms with van der Waals surface area (Å²) in [5, 5.41) is 23.5. The number of aryl methyl sites for hydroxylation is 1. The molecule has 1 saturated heterocycles. The van der Waals surface area contributed by atoms with E-state index in [2.05, 4.69) is 40.2 Å². The second-order valence-corrected chi connectivity index (χ2v) is 24.8. The number of anilines is 3. The Kier molecular flexibility index (Phi) is 15.6. The number of ether oxygens (including phenoxy) is 1. The number of nitro benzene ring substituents is 1. The maximum atomic E-state index is 15.0. The van der Waals surface area contributed by atoms with Crippen molar-refractivity contribution in [3.05, 3.63) is 135 Å². The van der Waals surface area contributed by atoms with Crippen molar-refractivity contribution in [3.8, 4) is 0 Å². The highest BCUT2D eigenvalue weighted by molar-refractivity contribution is 7.98. The van der Waals surface area contributed by atoms with Gasteiger partial charge >= 0.3 is 6.09 Å². The van der Waals surface area contributed by atoms with Crippen molar-refractivity contribution < 1.29 is 46.5 Å². The lowest BCUT2D eigenvalue weighted by Crippen LogP contribution is -2.52. The van der Waals surface area contributed by atoms with E-state index in [0.717, 1.165) is 107 Å². The number of likely N-dealkylation sites (tertiary alicyclic amines) is 1. The Morgan fingerprint density at radius 2 is 1.68 bits per heavy atom. The normalized spacial score (nSPS) is 21.0. The number of benzene rings is 3. The number of carbonyl (C=O) groups excluding carboxylic acids is 5. The minimum atomic E-state index is -4.53. The number of carbonyl (C=O) groups is 5. The SMILES string of the molecule is CCN(C(=O)OC(C)(C)C)c1cc([C@]2(c3nncn3C)C[C@@H](C)C2)cc(N2Cc3c(SC)cc(C[N+]4(Cc5ccc(NS(=O)(=O)c6ccc(C(=O)NCCN7C(=O)C=CC7=O)cc6[N+](=O)[O-])cc5)CCC[C@H](C)C4)cc3C2=O)n1. The Labute approximate surface area is 463 Å². The second kappa shape index (κ2) is 22.0. The fourth-order valence-electron chi connectivity index (χ4n) is 11.7. The summed E-state index contributed by atoms with van der Waals surface area (Å²) >= 11 is 1.58. The number of amides is 5. The van der Waals surface area contributed by atoms with Crippen molar-refractivity contribution in [2.45, 2.75) is 108 Å². The number of nitrogens with one attached hydrogen (secondary N) is 2. The highest BCUT2D eigenvalue weighted by Crippen LogP contribution is 2.53. The number of imide groups is 1. The van der Waals surface area contributed by atoms with E-state index < -0.39 is 60.4 Å². The number of aromatic nitrogens is 4. The van der Waals surface area contributed by atoms with Crippen LogP contribution in [0.2, 0.25) is 0 Å².